The van der Waals surface area contributed by atoms with Crippen molar-refractivity contribution in [3.8, 4) is 0 Å². The van der Waals surface area contributed by atoms with Crippen LogP contribution >= 0.6 is 0 Å². The van der Waals surface area contributed by atoms with Crippen LogP contribution in [0.25, 0.3) is 10.9 Å². The maximum Gasteiger partial charge on any atom is 0.326 e. The third-order valence-electron chi connectivity index (χ3n) is 12.8. The number of fused-ring (bicyclic) bond motifs is 6. The molecule has 7 nitrogen and oxygen atoms in total. The van der Waals surface area contributed by atoms with Crippen molar-refractivity contribution in [3.05, 3.63) is 36.0 Å². The molecule has 0 bridgehead atoms. The number of nitrogens with one attached hydrogen (secondary N) is 2. The lowest BCUT2D eigenvalue weighted by Crippen LogP contribution is -2.57. The number of para-hydroxylation sites is 1. The van der Waals surface area contributed by atoms with E-state index in [9.17, 15) is 24.6 Å². The monoisotopic (exact) mass is 576 g/mol. The van der Waals surface area contributed by atoms with E-state index in [1.165, 1.54) is 0 Å². The molecule has 2 aromatic rings. The standard InChI is InChI=1S/C35H48N2O5/c1-20(8-11-31(40)37-29(33(41)42)16-21-19-36-28-7-5-4-6-24(21)28)25-9-10-26-32-27(13-15-35(25,26)3)34(2)14-12-23(38)17-22(34)18-30(32)39/h4-7,19-20,22-23,25-27,29,32,36,38H,8-18H2,1-3H3,(H,37,40)(H,41,42)/t20-,22+,23-,25-,26+,27+,29+,32+,34+,35-/m1/s1. The molecular formula is C35H48N2O5. The van der Waals surface area contributed by atoms with Crippen LogP contribution in [0.4, 0.5) is 0 Å². The molecule has 4 aliphatic carbocycles. The van der Waals surface area contributed by atoms with E-state index in [2.05, 4.69) is 31.1 Å². The first-order valence-corrected chi connectivity index (χ1v) is 16.3. The lowest BCUT2D eigenvalue weighted by atomic mass is 9.44. The van der Waals surface area contributed by atoms with Crippen LogP contribution in [0.1, 0.15) is 90.5 Å². The van der Waals surface area contributed by atoms with Crippen LogP contribution < -0.4 is 5.32 Å². The SMILES string of the molecule is C[C@H](CCC(=O)N[C@@H](Cc1c[nH]c2ccccc12)C(=O)O)[C@H]1CC[C@H]2[C@@H]3C(=O)C[C@@H]4C[C@H](O)CC[C@]4(C)[C@H]3CC[C@]12C. The molecule has 0 spiro atoms. The summed E-state index contributed by atoms with van der Waals surface area (Å²) in [5.74, 6) is 1.29. The van der Waals surface area contributed by atoms with Crippen molar-refractivity contribution < 1.29 is 24.6 Å². The Morgan fingerprint density at radius 2 is 1.81 bits per heavy atom. The summed E-state index contributed by atoms with van der Waals surface area (Å²) in [6.07, 6.45) is 10.5. The molecule has 1 heterocycles. The maximum absolute atomic E-state index is 13.7. The van der Waals surface area contributed by atoms with Crippen LogP contribution in [0.3, 0.4) is 0 Å². The van der Waals surface area contributed by atoms with Crippen LogP contribution in [0.15, 0.2) is 30.5 Å². The van der Waals surface area contributed by atoms with Gasteiger partial charge in [0.15, 0.2) is 0 Å². The molecule has 42 heavy (non-hydrogen) atoms. The van der Waals surface area contributed by atoms with E-state index >= 15 is 0 Å². The van der Waals surface area contributed by atoms with E-state index in [1.807, 2.05) is 30.5 Å². The van der Waals surface area contributed by atoms with Gasteiger partial charge in [0, 0.05) is 42.3 Å². The molecule has 4 aliphatic rings. The fraction of sp³-hybridized carbons (Fsp3) is 0.686. The molecule has 0 aliphatic heterocycles. The molecule has 228 valence electrons. The van der Waals surface area contributed by atoms with Crippen LogP contribution in [0.5, 0.6) is 0 Å². The van der Waals surface area contributed by atoms with Gasteiger partial charge in [0.05, 0.1) is 6.10 Å². The summed E-state index contributed by atoms with van der Waals surface area (Å²) < 4.78 is 0. The molecular weight excluding hydrogens is 528 g/mol. The molecule has 1 amide bonds. The molecule has 6 rings (SSSR count). The Morgan fingerprint density at radius 1 is 1.07 bits per heavy atom. The highest BCUT2D eigenvalue weighted by Crippen LogP contribution is 2.67. The van der Waals surface area contributed by atoms with Gasteiger partial charge in [-0.1, -0.05) is 39.0 Å². The van der Waals surface area contributed by atoms with Gasteiger partial charge < -0.3 is 20.5 Å². The number of amides is 1. The number of hydrogen-bond acceptors (Lipinski definition) is 4. The number of hydrogen-bond donors (Lipinski definition) is 4. The number of H-pyrrole nitrogens is 1. The minimum Gasteiger partial charge on any atom is -0.480 e. The molecule has 10 atom stereocenters. The number of carboxylic acid groups (broad SMARTS) is 1. The van der Waals surface area contributed by atoms with E-state index in [-0.39, 0.29) is 35.2 Å². The third-order valence-corrected chi connectivity index (χ3v) is 12.8. The highest BCUT2D eigenvalue weighted by Gasteiger charge is 2.63. The Morgan fingerprint density at radius 3 is 2.60 bits per heavy atom. The van der Waals surface area contributed by atoms with Crippen molar-refractivity contribution in [2.75, 3.05) is 0 Å². The zero-order valence-corrected chi connectivity index (χ0v) is 25.4. The second-order valence-corrected chi connectivity index (χ2v) is 14.8. The topological polar surface area (TPSA) is 119 Å². The number of carboxylic acids is 1. The number of aliphatic hydroxyl groups excluding tert-OH is 1. The lowest BCUT2D eigenvalue weighted by Gasteiger charge is -2.60. The van der Waals surface area contributed by atoms with Gasteiger partial charge in [-0.3, -0.25) is 9.59 Å². The quantitative estimate of drug-likeness (QED) is 0.312. The number of rotatable bonds is 8. The summed E-state index contributed by atoms with van der Waals surface area (Å²) in [6, 6.07) is 6.81. The molecule has 0 unspecified atom stereocenters. The second-order valence-electron chi connectivity index (χ2n) is 14.8. The van der Waals surface area contributed by atoms with Crippen molar-refractivity contribution >= 4 is 28.6 Å². The molecule has 1 aromatic carbocycles. The van der Waals surface area contributed by atoms with Gasteiger partial charge in [0.1, 0.15) is 11.8 Å². The fourth-order valence-corrected chi connectivity index (χ4v) is 10.4. The zero-order valence-electron chi connectivity index (χ0n) is 25.4. The Labute approximate surface area is 249 Å². The summed E-state index contributed by atoms with van der Waals surface area (Å²) in [4.78, 5) is 41.9. The van der Waals surface area contributed by atoms with Crippen molar-refractivity contribution in [3.63, 3.8) is 0 Å². The number of aliphatic hydroxyl groups is 1. The van der Waals surface area contributed by atoms with Gasteiger partial charge >= 0.3 is 5.97 Å². The Balaban J connectivity index is 1.08. The lowest BCUT2D eigenvalue weighted by molar-refractivity contribution is -0.160. The van der Waals surface area contributed by atoms with Crippen LogP contribution in [-0.4, -0.2) is 45.0 Å². The molecule has 4 fully saturated rings. The number of Topliss-reactive ketones (excluding diaryl/α,β-unsaturated/α-hetero) is 1. The number of ketones is 1. The van der Waals surface area contributed by atoms with Crippen molar-refractivity contribution in [2.24, 2.45) is 46.3 Å². The fourth-order valence-electron chi connectivity index (χ4n) is 10.4. The smallest absolute Gasteiger partial charge is 0.326 e. The second kappa shape index (κ2) is 11.1. The number of aromatic nitrogens is 1. The van der Waals surface area contributed by atoms with Gasteiger partial charge in [-0.15, -0.1) is 0 Å². The summed E-state index contributed by atoms with van der Waals surface area (Å²) in [5.41, 5.74) is 2.10. The number of aliphatic carboxylic acids is 1. The normalized spacial score (nSPS) is 37.4. The summed E-state index contributed by atoms with van der Waals surface area (Å²) in [6.45, 7) is 7.07. The molecule has 7 heteroatoms. The summed E-state index contributed by atoms with van der Waals surface area (Å²) >= 11 is 0. The first kappa shape index (κ1) is 29.4. The minimum atomic E-state index is -1.02. The van der Waals surface area contributed by atoms with Crippen LogP contribution in [0, 0.1) is 46.3 Å². The van der Waals surface area contributed by atoms with Crippen molar-refractivity contribution in [2.45, 2.75) is 104 Å². The van der Waals surface area contributed by atoms with Gasteiger partial charge in [-0.05, 0) is 103 Å². The number of carbonyl (C=O) groups is 3. The van der Waals surface area contributed by atoms with Crippen LogP contribution in [0.2, 0.25) is 0 Å². The van der Waals surface area contributed by atoms with E-state index in [4.69, 9.17) is 0 Å². The first-order valence-electron chi connectivity index (χ1n) is 16.3. The number of benzene rings is 1. The molecule has 0 radical (unpaired) electrons. The van der Waals surface area contributed by atoms with E-state index in [1.54, 1.807) is 0 Å². The summed E-state index contributed by atoms with van der Waals surface area (Å²) in [7, 11) is 0. The third kappa shape index (κ3) is 4.99. The van der Waals surface area contributed by atoms with Gasteiger partial charge in [0.2, 0.25) is 5.91 Å². The molecule has 4 N–H and O–H groups in total. The molecule has 1 aromatic heterocycles. The number of aromatic amines is 1. The minimum absolute atomic E-state index is 0.100. The average Bonchev–Trinajstić information content (AvgIpc) is 3.53. The molecule has 0 saturated heterocycles. The highest BCUT2D eigenvalue weighted by atomic mass is 16.4. The number of carbonyl (C=O) groups excluding carboxylic acids is 2. The zero-order chi connectivity index (χ0) is 29.8. The Bertz CT molecular complexity index is 1350. The van der Waals surface area contributed by atoms with Crippen LogP contribution in [-0.2, 0) is 20.8 Å². The van der Waals surface area contributed by atoms with E-state index in [0.717, 1.165) is 67.8 Å². The highest BCUT2D eigenvalue weighted by molar-refractivity contribution is 5.87. The maximum atomic E-state index is 13.7. The van der Waals surface area contributed by atoms with Crippen molar-refractivity contribution in [1.29, 1.82) is 0 Å². The predicted octanol–water partition coefficient (Wildman–Crippen LogP) is 5.89. The largest absolute Gasteiger partial charge is 0.480 e. The summed E-state index contributed by atoms with van der Waals surface area (Å²) in [5, 5.41) is 24.0. The Hall–Kier alpha value is -2.67. The predicted molar refractivity (Wildman–Crippen MR) is 162 cm³/mol. The van der Waals surface area contributed by atoms with Gasteiger partial charge in [-0.25, -0.2) is 4.79 Å². The van der Waals surface area contributed by atoms with E-state index < -0.39 is 12.0 Å². The van der Waals surface area contributed by atoms with Gasteiger partial charge in [0.25, 0.3) is 0 Å². The van der Waals surface area contributed by atoms with E-state index in [0.29, 0.717) is 48.2 Å². The average molecular weight is 577 g/mol. The van der Waals surface area contributed by atoms with Crippen molar-refractivity contribution in [1.82, 2.24) is 10.3 Å². The first-order chi connectivity index (χ1) is 20.0. The molecule has 4 saturated carbocycles. The van der Waals surface area contributed by atoms with Gasteiger partial charge in [-0.2, -0.15) is 0 Å². The Kier molecular flexibility index (Phi) is 7.78.